The van der Waals surface area contributed by atoms with Crippen LogP contribution < -0.4 is 5.32 Å². The van der Waals surface area contributed by atoms with E-state index in [0.717, 1.165) is 61.5 Å². The van der Waals surface area contributed by atoms with Crippen LogP contribution in [0.1, 0.15) is 75.0 Å². The summed E-state index contributed by atoms with van der Waals surface area (Å²) in [7, 11) is 0. The molecule has 8 heteroatoms. The molecule has 0 unspecified atom stereocenters. The number of amides is 1. The zero-order chi connectivity index (χ0) is 21.9. The van der Waals surface area contributed by atoms with Crippen molar-refractivity contribution in [2.75, 3.05) is 26.2 Å². The number of aromatic nitrogens is 4. The molecule has 8 nitrogen and oxygen atoms in total. The van der Waals surface area contributed by atoms with E-state index in [1.807, 2.05) is 6.20 Å². The second-order valence-corrected chi connectivity index (χ2v) is 9.40. The zero-order valence-electron chi connectivity index (χ0n) is 19.0. The lowest BCUT2D eigenvalue weighted by atomic mass is 9.93. The Balaban J connectivity index is 1.18. The molecule has 0 bridgehead atoms. The van der Waals surface area contributed by atoms with Gasteiger partial charge in [-0.1, -0.05) is 25.8 Å². The van der Waals surface area contributed by atoms with Crippen LogP contribution in [0.25, 0.3) is 11.7 Å². The maximum Gasteiger partial charge on any atom is 0.407 e. The summed E-state index contributed by atoms with van der Waals surface area (Å²) in [5, 5.41) is 11.9. The molecular weight excluding hydrogens is 404 g/mol. The van der Waals surface area contributed by atoms with E-state index in [1.165, 1.54) is 32.4 Å². The molecule has 0 radical (unpaired) electrons. The fourth-order valence-corrected chi connectivity index (χ4v) is 5.63. The number of fused-ring (bicyclic) bond motifs is 3. The molecule has 1 amide bonds. The molecule has 2 aromatic heterocycles. The van der Waals surface area contributed by atoms with Crippen molar-refractivity contribution in [2.45, 2.75) is 70.3 Å². The van der Waals surface area contributed by atoms with Gasteiger partial charge in [-0.3, -0.25) is 9.38 Å². The van der Waals surface area contributed by atoms with Crippen molar-refractivity contribution >= 4 is 17.8 Å². The summed E-state index contributed by atoms with van der Waals surface area (Å²) in [4.78, 5) is 19.4. The second-order valence-electron chi connectivity index (χ2n) is 9.40. The van der Waals surface area contributed by atoms with Crippen LogP contribution in [0.4, 0.5) is 4.79 Å². The molecule has 172 valence electrons. The molecule has 2 aliphatic carbocycles. The largest absolute Gasteiger partial charge is 0.446 e. The molecule has 32 heavy (non-hydrogen) atoms. The Bertz CT molecular complexity index is 980. The van der Waals surface area contributed by atoms with E-state index in [4.69, 9.17) is 4.74 Å². The third-order valence-corrected chi connectivity index (χ3v) is 7.32. The zero-order valence-corrected chi connectivity index (χ0v) is 19.0. The maximum absolute atomic E-state index is 12.4. The lowest BCUT2D eigenvalue weighted by Crippen LogP contribution is -2.34. The normalized spacial score (nSPS) is 25.3. The molecule has 0 aromatic carbocycles. The number of hydrogen-bond donors (Lipinski definition) is 1. The number of rotatable bonds is 7. The van der Waals surface area contributed by atoms with Crippen molar-refractivity contribution in [2.24, 2.45) is 5.92 Å². The molecular formula is C24H34N6O2. The van der Waals surface area contributed by atoms with Gasteiger partial charge in [0.05, 0.1) is 17.6 Å². The van der Waals surface area contributed by atoms with Gasteiger partial charge < -0.3 is 15.0 Å². The highest BCUT2D eigenvalue weighted by Crippen LogP contribution is 2.42. The molecule has 3 aliphatic rings. The quantitative estimate of drug-likeness (QED) is 0.666. The number of likely N-dealkylation sites (tertiary alicyclic amines) is 1. The monoisotopic (exact) mass is 438 g/mol. The summed E-state index contributed by atoms with van der Waals surface area (Å²) in [5.41, 5.74) is 2.95. The molecule has 3 heterocycles. The summed E-state index contributed by atoms with van der Waals surface area (Å²) in [6, 6.07) is 0. The fourth-order valence-electron chi connectivity index (χ4n) is 5.63. The van der Waals surface area contributed by atoms with Gasteiger partial charge in [-0.05, 0) is 63.7 Å². The summed E-state index contributed by atoms with van der Waals surface area (Å²) in [6.45, 7) is 6.31. The second kappa shape index (κ2) is 9.57. The van der Waals surface area contributed by atoms with Gasteiger partial charge in [0.25, 0.3) is 0 Å². The maximum atomic E-state index is 12.4. The Kier molecular flexibility index (Phi) is 6.39. The molecule has 1 saturated heterocycles. The van der Waals surface area contributed by atoms with Gasteiger partial charge in [0, 0.05) is 18.9 Å². The van der Waals surface area contributed by atoms with Crippen LogP contribution in [0.5, 0.6) is 0 Å². The number of allylic oxidation sites excluding steroid dienone is 1. The van der Waals surface area contributed by atoms with Crippen LogP contribution in [0.3, 0.4) is 0 Å². The number of piperidine rings is 1. The number of nitrogens with one attached hydrogen (secondary N) is 1. The summed E-state index contributed by atoms with van der Waals surface area (Å²) in [6.07, 6.45) is 14.2. The van der Waals surface area contributed by atoms with Crippen LogP contribution in [0.15, 0.2) is 12.3 Å². The van der Waals surface area contributed by atoms with Crippen molar-refractivity contribution in [3.8, 4) is 0 Å². The minimum absolute atomic E-state index is 0.0789. The molecule has 2 aromatic rings. The Morgan fingerprint density at radius 1 is 1.22 bits per heavy atom. The third-order valence-electron chi connectivity index (χ3n) is 7.32. The SMILES string of the molecule is CC[C@@H]1C[C@H](OC(=O)NCCCN2CCCCC2)C[C@@H]1c1nnc2cnc3c(n12)C=CC3. The average Bonchev–Trinajstić information content (AvgIpc) is 3.54. The van der Waals surface area contributed by atoms with Gasteiger partial charge in [0.1, 0.15) is 11.9 Å². The van der Waals surface area contributed by atoms with Crippen molar-refractivity contribution in [1.29, 1.82) is 0 Å². The number of ether oxygens (including phenoxy) is 1. The molecule has 3 atom stereocenters. The van der Waals surface area contributed by atoms with E-state index in [1.54, 1.807) is 0 Å². The van der Waals surface area contributed by atoms with Crippen molar-refractivity contribution in [3.63, 3.8) is 0 Å². The molecule has 2 fully saturated rings. The molecule has 5 rings (SSSR count). The smallest absolute Gasteiger partial charge is 0.407 e. The molecule has 1 N–H and O–H groups in total. The number of nitrogens with zero attached hydrogens (tertiary/aromatic N) is 5. The molecule has 0 spiro atoms. The van der Waals surface area contributed by atoms with E-state index >= 15 is 0 Å². The van der Waals surface area contributed by atoms with Gasteiger partial charge in [-0.15, -0.1) is 10.2 Å². The standard InChI is InChI=1S/C24H34N6O2/c1-2-17-14-18(32-24(31)25-10-7-13-29-11-4-3-5-12-29)15-19(17)23-28-27-22-16-26-20-8-6-9-21(20)30(22)23/h6,9,16-19H,2-5,7-8,10-15H2,1H3,(H,25,31)/t17-,18+,19+/m1/s1. The van der Waals surface area contributed by atoms with Crippen LogP contribution in [0.2, 0.25) is 0 Å². The first-order chi connectivity index (χ1) is 15.7. The first kappa shape index (κ1) is 21.4. The predicted molar refractivity (Wildman–Crippen MR) is 122 cm³/mol. The number of carbonyl (C=O) groups is 1. The van der Waals surface area contributed by atoms with Crippen molar-refractivity contribution < 1.29 is 9.53 Å². The van der Waals surface area contributed by atoms with Crippen molar-refractivity contribution in [1.82, 2.24) is 29.8 Å². The highest BCUT2D eigenvalue weighted by molar-refractivity contribution is 5.67. The fraction of sp³-hybridized carbons (Fsp3) is 0.667. The highest BCUT2D eigenvalue weighted by Gasteiger charge is 2.39. The average molecular weight is 439 g/mol. The Morgan fingerprint density at radius 2 is 2.09 bits per heavy atom. The van der Waals surface area contributed by atoms with E-state index in [0.29, 0.717) is 12.5 Å². The summed E-state index contributed by atoms with van der Waals surface area (Å²) in [5.74, 6) is 1.63. The van der Waals surface area contributed by atoms with E-state index in [2.05, 4.69) is 48.9 Å². The highest BCUT2D eigenvalue weighted by atomic mass is 16.6. The van der Waals surface area contributed by atoms with Gasteiger partial charge >= 0.3 is 6.09 Å². The minimum Gasteiger partial charge on any atom is -0.446 e. The number of alkyl carbamates (subject to hydrolysis) is 1. The first-order valence-electron chi connectivity index (χ1n) is 12.3. The third kappa shape index (κ3) is 4.37. The lowest BCUT2D eigenvalue weighted by molar-refractivity contribution is 0.0977. The van der Waals surface area contributed by atoms with Gasteiger partial charge in [-0.25, -0.2) is 4.79 Å². The topological polar surface area (TPSA) is 84.6 Å². The minimum atomic E-state index is -0.289. The van der Waals surface area contributed by atoms with Crippen LogP contribution in [-0.2, 0) is 11.2 Å². The molecule has 1 aliphatic heterocycles. The van der Waals surface area contributed by atoms with E-state index in [-0.39, 0.29) is 18.1 Å². The summed E-state index contributed by atoms with van der Waals surface area (Å²) >= 11 is 0. The Labute approximate surface area is 189 Å². The Morgan fingerprint density at radius 3 is 2.94 bits per heavy atom. The predicted octanol–water partition coefficient (Wildman–Crippen LogP) is 3.57. The van der Waals surface area contributed by atoms with E-state index < -0.39 is 0 Å². The van der Waals surface area contributed by atoms with Gasteiger partial charge in [-0.2, -0.15) is 0 Å². The van der Waals surface area contributed by atoms with E-state index in [9.17, 15) is 4.79 Å². The van der Waals surface area contributed by atoms with Crippen molar-refractivity contribution in [3.05, 3.63) is 29.5 Å². The van der Waals surface area contributed by atoms with Crippen LogP contribution in [0, 0.1) is 5.92 Å². The lowest BCUT2D eigenvalue weighted by Gasteiger charge is -2.26. The van der Waals surface area contributed by atoms with Gasteiger partial charge in [0.2, 0.25) is 0 Å². The number of hydrogen-bond acceptors (Lipinski definition) is 6. The Hall–Kier alpha value is -2.48. The van der Waals surface area contributed by atoms with Crippen LogP contribution >= 0.6 is 0 Å². The first-order valence-corrected chi connectivity index (χ1v) is 12.3. The van der Waals surface area contributed by atoms with Crippen LogP contribution in [-0.4, -0.2) is 62.9 Å². The summed E-state index contributed by atoms with van der Waals surface area (Å²) < 4.78 is 7.98. The van der Waals surface area contributed by atoms with Gasteiger partial charge in [0.15, 0.2) is 5.65 Å². The number of carbonyl (C=O) groups excluding carboxylic acids is 1. The molecule has 1 saturated carbocycles.